The number of ether oxygens (including phenoxy) is 1. The Morgan fingerprint density at radius 2 is 0.762 bits per heavy atom. The molecule has 0 bridgehead atoms. The van der Waals surface area contributed by atoms with Crippen molar-refractivity contribution in [1.82, 2.24) is 4.90 Å². The Labute approximate surface area is 373 Å². The van der Waals surface area contributed by atoms with E-state index in [9.17, 15) is 4.79 Å². The number of nitrogens with zero attached hydrogens (tertiary/aromatic N) is 1. The molecule has 1 fully saturated rings. The third-order valence-electron chi connectivity index (χ3n) is 12.8. The molecule has 0 saturated carbocycles. The number of β-lactam (4-membered cyclic amide) rings is 1. The van der Waals surface area contributed by atoms with E-state index in [1.54, 1.807) is 16.7 Å². The van der Waals surface area contributed by atoms with Crippen molar-refractivity contribution in [1.29, 1.82) is 0 Å². The molecule has 10 rings (SSSR count). The molecule has 5 heteroatoms. The zero-order valence-electron chi connectivity index (χ0n) is 34.6. The number of thioether (sulfide) groups is 1. The summed E-state index contributed by atoms with van der Waals surface area (Å²) in [4.78, 5) is 31.6. The third kappa shape index (κ3) is 6.54. The first kappa shape index (κ1) is 39.9. The van der Waals surface area contributed by atoms with Crippen LogP contribution in [0.4, 0.5) is 0 Å². The van der Waals surface area contributed by atoms with Gasteiger partial charge in [0.2, 0.25) is 5.91 Å². The molecule has 0 aliphatic carbocycles. The number of benzene rings is 8. The number of carbonyl (C=O) groups excluding carboxylic acids is 2. The molecule has 0 unspecified atom stereocenters. The van der Waals surface area contributed by atoms with Crippen LogP contribution in [-0.2, 0) is 25.2 Å². The van der Waals surface area contributed by atoms with Crippen molar-refractivity contribution in [3.05, 3.63) is 299 Å². The first-order chi connectivity index (χ1) is 31.1. The molecule has 0 N–H and O–H groups in total. The lowest BCUT2D eigenvalue weighted by molar-refractivity contribution is -0.151. The van der Waals surface area contributed by atoms with Crippen LogP contribution in [0.25, 0.3) is 0 Å². The second-order valence-corrected chi connectivity index (χ2v) is 17.5. The monoisotopic (exact) mass is 835 g/mol. The average Bonchev–Trinajstić information content (AvgIpc) is 3.36. The van der Waals surface area contributed by atoms with E-state index in [2.05, 4.69) is 188 Å². The highest BCUT2D eigenvalue weighted by Gasteiger charge is 2.70. The smallest absolute Gasteiger partial charge is 0.355 e. The van der Waals surface area contributed by atoms with Crippen molar-refractivity contribution >= 4 is 23.6 Å². The lowest BCUT2D eigenvalue weighted by Crippen LogP contribution is -2.68. The summed E-state index contributed by atoms with van der Waals surface area (Å²) in [6, 6.07) is 83.9. The Morgan fingerprint density at radius 1 is 0.476 bits per heavy atom. The van der Waals surface area contributed by atoms with E-state index in [0.717, 1.165) is 44.5 Å². The van der Waals surface area contributed by atoms with E-state index in [0.29, 0.717) is 0 Å². The molecule has 0 radical (unpaired) electrons. The largest absolute Gasteiger partial charge is 0.448 e. The molecule has 2 heterocycles. The van der Waals surface area contributed by atoms with Crippen LogP contribution < -0.4 is 0 Å². The van der Waals surface area contributed by atoms with Crippen molar-refractivity contribution in [3.8, 4) is 0 Å². The van der Waals surface area contributed by atoms with Gasteiger partial charge in [0.15, 0.2) is 6.10 Å². The minimum atomic E-state index is -1.17. The molecule has 1 saturated heterocycles. The van der Waals surface area contributed by atoms with E-state index in [1.807, 2.05) is 60.7 Å². The van der Waals surface area contributed by atoms with Gasteiger partial charge in [0.05, 0.1) is 27.4 Å². The maximum Gasteiger partial charge on any atom is 0.355 e. The molecule has 8 aromatic carbocycles. The third-order valence-corrected chi connectivity index (χ3v) is 14.6. The van der Waals surface area contributed by atoms with Gasteiger partial charge in [-0.05, 0) is 50.6 Å². The van der Waals surface area contributed by atoms with Crippen molar-refractivity contribution in [2.75, 3.05) is 0 Å². The maximum absolute atomic E-state index is 15.8. The minimum Gasteiger partial charge on any atom is -0.448 e. The van der Waals surface area contributed by atoms with Crippen molar-refractivity contribution in [2.24, 2.45) is 0 Å². The van der Waals surface area contributed by atoms with Gasteiger partial charge in [0.25, 0.3) is 0 Å². The van der Waals surface area contributed by atoms with Gasteiger partial charge in [-0.25, -0.2) is 4.79 Å². The molecule has 0 aromatic heterocycles. The maximum atomic E-state index is 15.8. The topological polar surface area (TPSA) is 46.6 Å². The van der Waals surface area contributed by atoms with Crippen LogP contribution >= 0.6 is 11.8 Å². The van der Waals surface area contributed by atoms with Gasteiger partial charge in [-0.15, -0.1) is 11.8 Å². The summed E-state index contributed by atoms with van der Waals surface area (Å²) in [6.07, 6.45) is 1.66. The van der Waals surface area contributed by atoms with Crippen LogP contribution in [0.3, 0.4) is 0 Å². The predicted octanol–water partition coefficient (Wildman–Crippen LogP) is 12.3. The van der Waals surface area contributed by atoms with E-state index >= 15 is 4.79 Å². The first-order valence-electron chi connectivity index (χ1n) is 21.4. The van der Waals surface area contributed by atoms with E-state index in [1.165, 1.54) is 0 Å². The zero-order valence-corrected chi connectivity index (χ0v) is 35.4. The van der Waals surface area contributed by atoms with E-state index in [4.69, 9.17) is 4.74 Å². The van der Waals surface area contributed by atoms with Gasteiger partial charge in [-0.2, -0.15) is 0 Å². The lowest BCUT2D eigenvalue weighted by Gasteiger charge is -2.64. The van der Waals surface area contributed by atoms with Crippen LogP contribution in [0, 0.1) is 0 Å². The molecular formula is C58H45NO3S. The number of rotatable bonds is 12. The van der Waals surface area contributed by atoms with Crippen LogP contribution in [-0.4, -0.2) is 26.9 Å². The lowest BCUT2D eigenvalue weighted by atomic mass is 9.48. The highest BCUT2D eigenvalue weighted by Crippen LogP contribution is 2.69. The molecule has 8 aromatic rings. The summed E-state index contributed by atoms with van der Waals surface area (Å²) >= 11 is 1.77. The molecule has 2 aliphatic rings. The molecule has 2 aliphatic heterocycles. The summed E-state index contributed by atoms with van der Waals surface area (Å²) in [7, 11) is 0. The van der Waals surface area contributed by atoms with Gasteiger partial charge in [0, 0.05) is 0 Å². The van der Waals surface area contributed by atoms with Crippen molar-refractivity contribution < 1.29 is 14.3 Å². The number of fused-ring (bicyclic) bond motifs is 1. The fourth-order valence-electron chi connectivity index (χ4n) is 10.3. The highest BCUT2D eigenvalue weighted by molar-refractivity contribution is 8.01. The molecule has 1 atom stereocenters. The summed E-state index contributed by atoms with van der Waals surface area (Å²) < 4.78 is 5.64. The predicted molar refractivity (Wildman–Crippen MR) is 253 cm³/mol. The van der Waals surface area contributed by atoms with Gasteiger partial charge in [-0.3, -0.25) is 9.69 Å². The second kappa shape index (κ2) is 16.9. The van der Waals surface area contributed by atoms with Gasteiger partial charge >= 0.3 is 5.97 Å². The summed E-state index contributed by atoms with van der Waals surface area (Å²) in [6.45, 7) is 0. The standard InChI is InChI=1S/C58H45NO3S/c60-52-41-53-59(52)51(55(61)62-54(43-25-9-1-10-26-43)44-27-11-2-12-28-44)42-56(63-53,57(45-29-13-3-14-30-45,46-31-15-4-16-32-46)47-33-17-5-18-34-47)58(48-35-19-6-20-36-48,49-37-21-7-22-38-49)50-39-23-8-24-40-50/h1-40,42,53-54H,41H2/t53-/m1/s1. The van der Waals surface area contributed by atoms with Crippen LogP contribution in [0.15, 0.2) is 254 Å². The van der Waals surface area contributed by atoms with E-state index < -0.39 is 33.0 Å². The summed E-state index contributed by atoms with van der Waals surface area (Å²) in [5, 5.41) is -0.414. The van der Waals surface area contributed by atoms with Crippen LogP contribution in [0.1, 0.15) is 57.0 Å². The number of amides is 1. The molecule has 4 nitrogen and oxygen atoms in total. The van der Waals surface area contributed by atoms with Gasteiger partial charge in [0.1, 0.15) is 5.70 Å². The molecule has 1 amide bonds. The van der Waals surface area contributed by atoms with Crippen molar-refractivity contribution in [2.45, 2.75) is 33.5 Å². The Morgan fingerprint density at radius 3 is 1.05 bits per heavy atom. The summed E-state index contributed by atoms with van der Waals surface area (Å²) in [5.74, 6) is -0.684. The number of carbonyl (C=O) groups is 2. The van der Waals surface area contributed by atoms with Gasteiger partial charge < -0.3 is 4.74 Å². The van der Waals surface area contributed by atoms with Crippen LogP contribution in [0.5, 0.6) is 0 Å². The molecule has 0 spiro atoms. The zero-order chi connectivity index (χ0) is 42.7. The molecule has 63 heavy (non-hydrogen) atoms. The van der Waals surface area contributed by atoms with Gasteiger partial charge in [-0.1, -0.05) is 243 Å². The van der Waals surface area contributed by atoms with E-state index in [-0.39, 0.29) is 18.0 Å². The number of hydrogen-bond donors (Lipinski definition) is 0. The first-order valence-corrected chi connectivity index (χ1v) is 22.3. The fraction of sp³-hybridized carbons (Fsp3) is 0.103. The number of esters is 1. The highest BCUT2D eigenvalue weighted by atomic mass is 32.2. The minimum absolute atomic E-state index is 0.116. The quantitative estimate of drug-likeness (QED) is 0.0699. The summed E-state index contributed by atoms with van der Waals surface area (Å²) in [5.41, 5.74) is 6.04. The Hall–Kier alpha value is -7.21. The molecular weight excluding hydrogens is 791 g/mol. The number of hydrogen-bond acceptors (Lipinski definition) is 4. The SMILES string of the molecule is O=C(OC(c1ccccc1)c1ccccc1)C1=CC(C(c2ccccc2)(c2ccccc2)c2ccccc2)(C(c2ccccc2)(c2ccccc2)c2ccccc2)S[C@@H]2CC(=O)N12. The second-order valence-electron chi connectivity index (χ2n) is 16.1. The fourth-order valence-corrected chi connectivity index (χ4v) is 12.5. The Bertz CT molecular complexity index is 2480. The van der Waals surface area contributed by atoms with Crippen molar-refractivity contribution in [3.63, 3.8) is 0 Å². The Balaban J connectivity index is 1.40. The Kier molecular flexibility index (Phi) is 10.7. The molecule has 306 valence electrons. The average molecular weight is 836 g/mol. The van der Waals surface area contributed by atoms with Crippen LogP contribution in [0.2, 0.25) is 0 Å². The normalized spacial score (nSPS) is 15.8.